The fourth-order valence-corrected chi connectivity index (χ4v) is 3.00. The molecule has 0 saturated heterocycles. The maximum Gasteiger partial charge on any atom is 0.213 e. The Kier molecular flexibility index (Phi) is 2.46. The molecule has 0 N–H and O–H groups in total. The molecule has 96 valence electrons. The van der Waals surface area contributed by atoms with Gasteiger partial charge in [-0.05, 0) is 30.2 Å². The highest BCUT2D eigenvalue weighted by Crippen LogP contribution is 2.31. The van der Waals surface area contributed by atoms with E-state index in [9.17, 15) is 0 Å². The first kappa shape index (κ1) is 11.4. The molecule has 1 nitrogen and oxygen atoms in total. The first-order chi connectivity index (χ1) is 9.81. The second kappa shape index (κ2) is 4.31. The molecule has 1 heteroatoms. The molecule has 0 spiro atoms. The molecule has 0 bridgehead atoms. The van der Waals surface area contributed by atoms with E-state index in [2.05, 4.69) is 78.4 Å². The fourth-order valence-electron chi connectivity index (χ4n) is 3.00. The topological polar surface area (TPSA) is 3.88 Å². The lowest BCUT2D eigenvalue weighted by molar-refractivity contribution is -0.672. The zero-order chi connectivity index (χ0) is 13.5. The standard InChI is InChI=1S/C19H16N/c1-14-5-4-6-15(11-14)16-8-9-17-13-20-10-3-2-7-19(20)18(17)12-16/h2-12H,13H2,1H3/q+1. The van der Waals surface area contributed by atoms with Gasteiger partial charge in [-0.2, -0.15) is 4.57 Å². The average Bonchev–Trinajstić information content (AvgIpc) is 2.85. The average molecular weight is 258 g/mol. The fraction of sp³-hybridized carbons (Fsp3) is 0.105. The van der Waals surface area contributed by atoms with Gasteiger partial charge in [0.1, 0.15) is 0 Å². The maximum atomic E-state index is 2.32. The van der Waals surface area contributed by atoms with Gasteiger partial charge in [0.05, 0.1) is 5.56 Å². The predicted molar refractivity (Wildman–Crippen MR) is 81.3 cm³/mol. The van der Waals surface area contributed by atoms with Gasteiger partial charge in [0, 0.05) is 17.7 Å². The SMILES string of the molecule is Cc1cccc(-c2ccc3c(c2)-c2cccc[n+]2C3)c1. The Balaban J connectivity index is 1.88. The lowest BCUT2D eigenvalue weighted by Crippen LogP contribution is -2.31. The highest BCUT2D eigenvalue weighted by Gasteiger charge is 2.25. The Morgan fingerprint density at radius 1 is 0.850 bits per heavy atom. The highest BCUT2D eigenvalue weighted by molar-refractivity contribution is 5.74. The van der Waals surface area contributed by atoms with Crippen LogP contribution < -0.4 is 4.57 Å². The third-order valence-electron chi connectivity index (χ3n) is 4.02. The number of aryl methyl sites for hydroxylation is 1. The summed E-state index contributed by atoms with van der Waals surface area (Å²) in [4.78, 5) is 0. The number of fused-ring (bicyclic) bond motifs is 3. The van der Waals surface area contributed by atoms with Gasteiger partial charge in [0.25, 0.3) is 0 Å². The molecule has 4 rings (SSSR count). The molecule has 2 aromatic carbocycles. The molecule has 0 saturated carbocycles. The van der Waals surface area contributed by atoms with Crippen LogP contribution in [0.4, 0.5) is 0 Å². The molecule has 0 radical (unpaired) electrons. The van der Waals surface area contributed by atoms with E-state index in [0.717, 1.165) is 6.54 Å². The summed E-state index contributed by atoms with van der Waals surface area (Å²) < 4.78 is 2.31. The molecule has 0 unspecified atom stereocenters. The molecule has 1 aliphatic rings. The van der Waals surface area contributed by atoms with Crippen molar-refractivity contribution in [1.29, 1.82) is 0 Å². The Hall–Kier alpha value is -2.41. The number of hydrogen-bond donors (Lipinski definition) is 0. The van der Waals surface area contributed by atoms with E-state index in [1.165, 1.54) is 33.5 Å². The minimum atomic E-state index is 0.986. The van der Waals surface area contributed by atoms with Gasteiger partial charge in [-0.1, -0.05) is 42.0 Å². The van der Waals surface area contributed by atoms with Crippen molar-refractivity contribution in [2.45, 2.75) is 13.5 Å². The van der Waals surface area contributed by atoms with Crippen molar-refractivity contribution in [2.24, 2.45) is 0 Å². The molecule has 3 aromatic rings. The third-order valence-corrected chi connectivity index (χ3v) is 4.02. The van der Waals surface area contributed by atoms with Gasteiger partial charge in [0.2, 0.25) is 5.69 Å². The van der Waals surface area contributed by atoms with Crippen LogP contribution in [0.1, 0.15) is 11.1 Å². The van der Waals surface area contributed by atoms with Crippen LogP contribution in [0.2, 0.25) is 0 Å². The van der Waals surface area contributed by atoms with Gasteiger partial charge in [-0.3, -0.25) is 0 Å². The van der Waals surface area contributed by atoms with Crippen LogP contribution in [0.25, 0.3) is 22.4 Å². The summed E-state index contributed by atoms with van der Waals surface area (Å²) in [6.07, 6.45) is 2.15. The number of benzene rings is 2. The predicted octanol–water partition coefficient (Wildman–Crippen LogP) is 3.98. The summed E-state index contributed by atoms with van der Waals surface area (Å²) in [6.45, 7) is 3.13. The molecular weight excluding hydrogens is 242 g/mol. The third kappa shape index (κ3) is 1.75. The van der Waals surface area contributed by atoms with E-state index in [1.54, 1.807) is 0 Å². The van der Waals surface area contributed by atoms with E-state index in [-0.39, 0.29) is 0 Å². The molecule has 1 aromatic heterocycles. The van der Waals surface area contributed by atoms with Crippen molar-refractivity contribution >= 4 is 0 Å². The monoisotopic (exact) mass is 258 g/mol. The summed E-state index contributed by atoms with van der Waals surface area (Å²) in [6, 6.07) is 21.9. The lowest BCUT2D eigenvalue weighted by Gasteiger charge is -2.04. The van der Waals surface area contributed by atoms with Crippen LogP contribution >= 0.6 is 0 Å². The first-order valence-electron chi connectivity index (χ1n) is 7.00. The zero-order valence-corrected chi connectivity index (χ0v) is 11.5. The maximum absolute atomic E-state index is 2.32. The summed E-state index contributed by atoms with van der Waals surface area (Å²) in [5.74, 6) is 0. The number of pyridine rings is 1. The van der Waals surface area contributed by atoms with Crippen molar-refractivity contribution in [2.75, 3.05) is 0 Å². The molecule has 2 heterocycles. The van der Waals surface area contributed by atoms with Crippen LogP contribution in [0.3, 0.4) is 0 Å². The van der Waals surface area contributed by atoms with E-state index >= 15 is 0 Å². The molecule has 0 atom stereocenters. The minimum Gasteiger partial charge on any atom is -0.194 e. The minimum absolute atomic E-state index is 0.986. The largest absolute Gasteiger partial charge is 0.213 e. The van der Waals surface area contributed by atoms with Gasteiger partial charge >= 0.3 is 0 Å². The van der Waals surface area contributed by atoms with E-state index in [4.69, 9.17) is 0 Å². The Labute approximate surface area is 119 Å². The quantitative estimate of drug-likeness (QED) is 0.455. The van der Waals surface area contributed by atoms with Crippen LogP contribution in [-0.4, -0.2) is 0 Å². The zero-order valence-electron chi connectivity index (χ0n) is 11.5. The lowest BCUT2D eigenvalue weighted by atomic mass is 9.98. The summed E-state index contributed by atoms with van der Waals surface area (Å²) in [7, 11) is 0. The molecule has 20 heavy (non-hydrogen) atoms. The van der Waals surface area contributed by atoms with Crippen molar-refractivity contribution in [3.63, 3.8) is 0 Å². The molecule has 0 amide bonds. The second-order valence-corrected chi connectivity index (χ2v) is 5.46. The molecule has 0 fully saturated rings. The van der Waals surface area contributed by atoms with E-state index in [1.807, 2.05) is 0 Å². The normalized spacial score (nSPS) is 12.1. The number of aromatic nitrogens is 1. The molecule has 0 aliphatic carbocycles. The molecular formula is C19H16N+. The van der Waals surface area contributed by atoms with Crippen LogP contribution in [0, 0.1) is 6.92 Å². The van der Waals surface area contributed by atoms with E-state index < -0.39 is 0 Å². The number of nitrogens with zero attached hydrogens (tertiary/aromatic N) is 1. The van der Waals surface area contributed by atoms with Crippen molar-refractivity contribution in [1.82, 2.24) is 0 Å². The Bertz CT molecular complexity index is 802. The Morgan fingerprint density at radius 2 is 1.75 bits per heavy atom. The summed E-state index contributed by atoms with van der Waals surface area (Å²) in [5.41, 5.74) is 7.99. The Morgan fingerprint density at radius 3 is 2.65 bits per heavy atom. The van der Waals surface area contributed by atoms with Gasteiger partial charge in [0.15, 0.2) is 12.7 Å². The summed E-state index contributed by atoms with van der Waals surface area (Å²) in [5, 5.41) is 0. The van der Waals surface area contributed by atoms with E-state index in [0.29, 0.717) is 0 Å². The van der Waals surface area contributed by atoms with Crippen LogP contribution in [-0.2, 0) is 6.54 Å². The second-order valence-electron chi connectivity index (χ2n) is 5.46. The van der Waals surface area contributed by atoms with Crippen LogP contribution in [0.15, 0.2) is 66.9 Å². The molecule has 1 aliphatic heterocycles. The number of rotatable bonds is 1. The van der Waals surface area contributed by atoms with Crippen molar-refractivity contribution in [3.8, 4) is 22.4 Å². The highest BCUT2D eigenvalue weighted by atomic mass is 15.0. The van der Waals surface area contributed by atoms with Gasteiger partial charge < -0.3 is 0 Å². The van der Waals surface area contributed by atoms with Crippen LogP contribution in [0.5, 0.6) is 0 Å². The van der Waals surface area contributed by atoms with Crippen molar-refractivity contribution in [3.05, 3.63) is 78.0 Å². The smallest absolute Gasteiger partial charge is 0.194 e. The first-order valence-corrected chi connectivity index (χ1v) is 7.00. The summed E-state index contributed by atoms with van der Waals surface area (Å²) >= 11 is 0. The van der Waals surface area contributed by atoms with Crippen molar-refractivity contribution < 1.29 is 4.57 Å². The van der Waals surface area contributed by atoms with Gasteiger partial charge in [-0.25, -0.2) is 0 Å². The number of hydrogen-bond acceptors (Lipinski definition) is 0. The van der Waals surface area contributed by atoms with Gasteiger partial charge in [-0.15, -0.1) is 0 Å².